The van der Waals surface area contributed by atoms with Crippen molar-refractivity contribution < 1.29 is 30.6 Å². The maximum Gasteiger partial charge on any atom is 0.534 e. The Bertz CT molecular complexity index is 1090. The molecule has 0 aliphatic heterocycles. The van der Waals surface area contributed by atoms with Crippen LogP contribution in [0.2, 0.25) is 0 Å². The topological polar surface area (TPSA) is 72.5 Å². The van der Waals surface area contributed by atoms with Crippen molar-refractivity contribution in [1.82, 2.24) is 0 Å². The average molecular weight is 389 g/mol. The monoisotopic (exact) mass is 389 g/mol. The number of benzene rings is 2. The number of fused-ring (bicyclic) bond motifs is 3. The van der Waals surface area contributed by atoms with Crippen molar-refractivity contribution in [2.45, 2.75) is 12.4 Å². The summed E-state index contributed by atoms with van der Waals surface area (Å²) >= 11 is 1.07. The van der Waals surface area contributed by atoms with Crippen LogP contribution in [0.1, 0.15) is 6.92 Å². The Balaban J connectivity index is 2.27. The number of amides is 1. The Morgan fingerprint density at radius 3 is 2.48 bits per heavy atom. The summed E-state index contributed by atoms with van der Waals surface area (Å²) in [6.07, 6.45) is 0. The first kappa shape index (κ1) is 17.5. The van der Waals surface area contributed by atoms with Gasteiger partial charge in [0, 0.05) is 22.4 Å². The second-order valence-electron chi connectivity index (χ2n) is 5.08. The third kappa shape index (κ3) is 3.14. The molecule has 25 heavy (non-hydrogen) atoms. The van der Waals surface area contributed by atoms with Gasteiger partial charge in [0.25, 0.3) is 0 Å². The first-order valence-electron chi connectivity index (χ1n) is 6.83. The van der Waals surface area contributed by atoms with Crippen molar-refractivity contribution in [3.63, 3.8) is 0 Å². The van der Waals surface area contributed by atoms with Gasteiger partial charge in [0.2, 0.25) is 5.91 Å². The zero-order valence-corrected chi connectivity index (χ0v) is 14.2. The summed E-state index contributed by atoms with van der Waals surface area (Å²) in [5.41, 5.74) is -5.18. The number of carbonyl (C=O) groups is 1. The normalized spacial score (nSPS) is 12.5. The molecule has 0 bridgehead atoms. The standard InChI is InChI=1S/C15H10F3NO4S2/c1-8(20)19-10-6-7-11(23-25(21,22)15(16,17)18)14-13(10)9-4-2-3-5-12(9)24-14/h2-7H,1H3,(H,19,20). The van der Waals surface area contributed by atoms with Crippen molar-refractivity contribution in [3.8, 4) is 5.75 Å². The molecule has 0 saturated carbocycles. The Morgan fingerprint density at radius 1 is 1.16 bits per heavy atom. The molecule has 0 aliphatic rings. The summed E-state index contributed by atoms with van der Waals surface area (Å²) < 4.78 is 65.7. The molecule has 3 rings (SSSR count). The van der Waals surface area contributed by atoms with Crippen LogP contribution in [0.25, 0.3) is 20.2 Å². The predicted octanol–water partition coefficient (Wildman–Crippen LogP) is 4.24. The van der Waals surface area contributed by atoms with Crippen LogP contribution in [0, 0.1) is 0 Å². The van der Waals surface area contributed by atoms with Gasteiger partial charge in [-0.25, -0.2) is 0 Å². The first-order chi connectivity index (χ1) is 11.6. The van der Waals surface area contributed by atoms with Gasteiger partial charge in [-0.15, -0.1) is 11.3 Å². The van der Waals surface area contributed by atoms with Crippen molar-refractivity contribution in [3.05, 3.63) is 36.4 Å². The van der Waals surface area contributed by atoms with Crippen molar-refractivity contribution in [1.29, 1.82) is 0 Å². The highest BCUT2D eigenvalue weighted by Crippen LogP contribution is 2.44. The summed E-state index contributed by atoms with van der Waals surface area (Å²) in [5.74, 6) is -0.809. The van der Waals surface area contributed by atoms with Gasteiger partial charge >= 0.3 is 15.6 Å². The van der Waals surface area contributed by atoms with Crippen LogP contribution in [-0.4, -0.2) is 19.8 Å². The molecule has 1 aromatic heterocycles. The molecule has 0 spiro atoms. The fourth-order valence-electron chi connectivity index (χ4n) is 2.33. The molecule has 1 N–H and O–H groups in total. The van der Waals surface area contributed by atoms with Crippen molar-refractivity contribution in [2.75, 3.05) is 5.32 Å². The van der Waals surface area contributed by atoms with Crippen LogP contribution < -0.4 is 9.50 Å². The summed E-state index contributed by atoms with van der Waals surface area (Å²) in [6.45, 7) is 1.29. The zero-order chi connectivity index (χ0) is 18.4. The molecular formula is C15H10F3NO4S2. The van der Waals surface area contributed by atoms with Gasteiger partial charge in [-0.2, -0.15) is 21.6 Å². The number of thiophene rings is 1. The van der Waals surface area contributed by atoms with E-state index in [1.54, 1.807) is 24.3 Å². The highest BCUT2D eigenvalue weighted by molar-refractivity contribution is 7.88. The SMILES string of the molecule is CC(=O)Nc1ccc(OS(=O)(=O)C(F)(F)F)c2sc3ccccc3c12. The molecule has 10 heteroatoms. The second kappa shape index (κ2) is 5.88. The lowest BCUT2D eigenvalue weighted by Gasteiger charge is -2.12. The van der Waals surface area contributed by atoms with E-state index in [1.165, 1.54) is 13.0 Å². The molecule has 5 nitrogen and oxygen atoms in total. The first-order valence-corrected chi connectivity index (χ1v) is 9.05. The van der Waals surface area contributed by atoms with Crippen molar-refractivity contribution >= 4 is 53.2 Å². The van der Waals surface area contributed by atoms with E-state index in [0.717, 1.165) is 17.4 Å². The summed E-state index contributed by atoms with van der Waals surface area (Å²) in [5, 5.41) is 3.68. The minimum absolute atomic E-state index is 0.195. The summed E-state index contributed by atoms with van der Waals surface area (Å²) in [6, 6.07) is 9.33. The van der Waals surface area contributed by atoms with E-state index in [4.69, 9.17) is 0 Å². The van der Waals surface area contributed by atoms with Crippen LogP contribution >= 0.6 is 11.3 Å². The molecule has 3 aromatic rings. The maximum absolute atomic E-state index is 12.6. The molecule has 0 unspecified atom stereocenters. The second-order valence-corrected chi connectivity index (χ2v) is 7.67. The average Bonchev–Trinajstić information content (AvgIpc) is 2.88. The molecule has 0 radical (unpaired) electrons. The lowest BCUT2D eigenvalue weighted by molar-refractivity contribution is -0.114. The van der Waals surface area contributed by atoms with Gasteiger partial charge in [-0.1, -0.05) is 18.2 Å². The molecule has 1 heterocycles. The fourth-order valence-corrected chi connectivity index (χ4v) is 4.03. The quantitative estimate of drug-likeness (QED) is 0.537. The van der Waals surface area contributed by atoms with E-state index in [-0.39, 0.29) is 10.6 Å². The highest BCUT2D eigenvalue weighted by Gasteiger charge is 2.48. The molecular weight excluding hydrogens is 379 g/mol. The van der Waals surface area contributed by atoms with Crippen LogP contribution in [0.3, 0.4) is 0 Å². The highest BCUT2D eigenvalue weighted by atomic mass is 32.2. The Hall–Kier alpha value is -2.33. The number of anilines is 1. The van der Waals surface area contributed by atoms with Gasteiger partial charge in [0.1, 0.15) is 0 Å². The van der Waals surface area contributed by atoms with Crippen LogP contribution in [-0.2, 0) is 14.9 Å². The van der Waals surface area contributed by atoms with E-state index in [9.17, 15) is 26.4 Å². The third-order valence-electron chi connectivity index (χ3n) is 3.28. The van der Waals surface area contributed by atoms with Crippen LogP contribution in [0.4, 0.5) is 18.9 Å². The Kier molecular flexibility index (Phi) is 4.12. The van der Waals surface area contributed by atoms with Gasteiger partial charge in [0.05, 0.1) is 10.4 Å². The molecule has 1 amide bonds. The summed E-state index contributed by atoms with van der Waals surface area (Å²) in [7, 11) is -5.80. The molecule has 2 aromatic carbocycles. The Labute approximate surface area is 144 Å². The number of rotatable bonds is 3. The largest absolute Gasteiger partial charge is 0.534 e. The van der Waals surface area contributed by atoms with Gasteiger partial charge < -0.3 is 9.50 Å². The van der Waals surface area contributed by atoms with E-state index >= 15 is 0 Å². The fraction of sp³-hybridized carbons (Fsp3) is 0.133. The molecule has 0 fully saturated rings. The summed E-state index contributed by atoms with van der Waals surface area (Å²) in [4.78, 5) is 11.4. The lowest BCUT2D eigenvalue weighted by atomic mass is 10.1. The number of halogens is 3. The van der Waals surface area contributed by atoms with E-state index in [0.29, 0.717) is 21.2 Å². The third-order valence-corrected chi connectivity index (χ3v) is 5.43. The van der Waals surface area contributed by atoms with Gasteiger partial charge in [-0.05, 0) is 18.2 Å². The lowest BCUT2D eigenvalue weighted by Crippen LogP contribution is -2.28. The number of nitrogens with one attached hydrogen (secondary N) is 1. The number of alkyl halides is 3. The Morgan fingerprint density at radius 2 is 1.84 bits per heavy atom. The number of hydrogen-bond acceptors (Lipinski definition) is 5. The van der Waals surface area contributed by atoms with E-state index in [2.05, 4.69) is 9.50 Å². The minimum atomic E-state index is -5.80. The molecule has 0 saturated heterocycles. The number of carbonyl (C=O) groups excluding carboxylic acids is 1. The van der Waals surface area contributed by atoms with Crippen LogP contribution in [0.5, 0.6) is 5.75 Å². The smallest absolute Gasteiger partial charge is 0.374 e. The maximum atomic E-state index is 12.6. The van der Waals surface area contributed by atoms with Crippen LogP contribution in [0.15, 0.2) is 36.4 Å². The molecule has 0 aliphatic carbocycles. The molecule has 132 valence electrons. The van der Waals surface area contributed by atoms with Gasteiger partial charge in [-0.3, -0.25) is 4.79 Å². The minimum Gasteiger partial charge on any atom is -0.374 e. The van der Waals surface area contributed by atoms with Crippen molar-refractivity contribution in [2.24, 2.45) is 0 Å². The zero-order valence-electron chi connectivity index (χ0n) is 12.5. The van der Waals surface area contributed by atoms with E-state index in [1.807, 2.05) is 0 Å². The van der Waals surface area contributed by atoms with Gasteiger partial charge in [0.15, 0.2) is 5.75 Å². The number of hydrogen-bond donors (Lipinski definition) is 1. The molecule has 0 atom stereocenters. The van der Waals surface area contributed by atoms with E-state index < -0.39 is 21.4 Å². The predicted molar refractivity (Wildman–Crippen MR) is 89.2 cm³/mol.